The van der Waals surface area contributed by atoms with Gasteiger partial charge in [-0.1, -0.05) is 34.1 Å². The standard InChI is InChI=1S/C10H5BrN2S/c11-9-4-2-1-3-8(9)10-13-7(5-12)6-14-10/h1-4,6H. The summed E-state index contributed by atoms with van der Waals surface area (Å²) in [6.07, 6.45) is 0. The van der Waals surface area contributed by atoms with Crippen molar-refractivity contribution in [3.05, 3.63) is 39.8 Å². The van der Waals surface area contributed by atoms with E-state index >= 15 is 0 Å². The lowest BCUT2D eigenvalue weighted by molar-refractivity contribution is 1.33. The van der Waals surface area contributed by atoms with Crippen LogP contribution < -0.4 is 0 Å². The molecule has 2 aromatic rings. The van der Waals surface area contributed by atoms with Crippen molar-refractivity contribution in [2.24, 2.45) is 0 Å². The van der Waals surface area contributed by atoms with Gasteiger partial charge in [0.25, 0.3) is 0 Å². The molecule has 0 atom stereocenters. The van der Waals surface area contributed by atoms with E-state index in [0.29, 0.717) is 5.69 Å². The first-order chi connectivity index (χ1) is 6.81. The fourth-order valence-corrected chi connectivity index (χ4v) is 2.47. The highest BCUT2D eigenvalue weighted by Crippen LogP contribution is 2.29. The van der Waals surface area contributed by atoms with E-state index in [-0.39, 0.29) is 0 Å². The lowest BCUT2D eigenvalue weighted by Crippen LogP contribution is -1.78. The van der Waals surface area contributed by atoms with Gasteiger partial charge in [-0.25, -0.2) is 4.98 Å². The number of hydrogen-bond donors (Lipinski definition) is 0. The zero-order valence-electron chi connectivity index (χ0n) is 7.07. The van der Waals surface area contributed by atoms with Crippen LogP contribution in [0.3, 0.4) is 0 Å². The molecule has 0 aliphatic heterocycles. The Bertz CT molecular complexity index is 499. The number of hydrogen-bond acceptors (Lipinski definition) is 3. The van der Waals surface area contributed by atoms with E-state index in [4.69, 9.17) is 5.26 Å². The molecule has 0 bridgehead atoms. The SMILES string of the molecule is N#Cc1csc(-c2ccccc2Br)n1. The van der Waals surface area contributed by atoms with E-state index in [1.54, 1.807) is 5.38 Å². The van der Waals surface area contributed by atoms with E-state index in [9.17, 15) is 0 Å². The normalized spacial score (nSPS) is 9.71. The average Bonchev–Trinajstić information content (AvgIpc) is 2.67. The molecule has 0 N–H and O–H groups in total. The molecule has 0 spiro atoms. The quantitative estimate of drug-likeness (QED) is 0.791. The number of thiazole rings is 1. The summed E-state index contributed by atoms with van der Waals surface area (Å²) >= 11 is 4.93. The molecule has 0 aliphatic carbocycles. The summed E-state index contributed by atoms with van der Waals surface area (Å²) < 4.78 is 0.999. The second-order valence-corrected chi connectivity index (χ2v) is 4.34. The number of benzene rings is 1. The summed E-state index contributed by atoms with van der Waals surface area (Å²) in [6, 6.07) is 9.86. The van der Waals surface area contributed by atoms with Crippen LogP contribution in [-0.2, 0) is 0 Å². The largest absolute Gasteiger partial charge is 0.225 e. The maximum absolute atomic E-state index is 8.65. The van der Waals surface area contributed by atoms with Crippen LogP contribution in [0.2, 0.25) is 0 Å². The van der Waals surface area contributed by atoms with Crippen LogP contribution in [0, 0.1) is 11.3 Å². The lowest BCUT2D eigenvalue weighted by atomic mass is 10.2. The molecule has 2 nitrogen and oxygen atoms in total. The fourth-order valence-electron chi connectivity index (χ4n) is 1.08. The molecule has 4 heteroatoms. The molecule has 14 heavy (non-hydrogen) atoms. The maximum Gasteiger partial charge on any atom is 0.152 e. The Morgan fingerprint density at radius 3 is 2.79 bits per heavy atom. The van der Waals surface area contributed by atoms with Crippen molar-refractivity contribution in [2.75, 3.05) is 0 Å². The van der Waals surface area contributed by atoms with E-state index < -0.39 is 0 Å². The van der Waals surface area contributed by atoms with Gasteiger partial charge in [0.1, 0.15) is 11.1 Å². The Labute approximate surface area is 94.0 Å². The zero-order chi connectivity index (χ0) is 9.97. The summed E-state index contributed by atoms with van der Waals surface area (Å²) in [4.78, 5) is 4.19. The predicted octanol–water partition coefficient (Wildman–Crippen LogP) is 3.44. The first-order valence-electron chi connectivity index (χ1n) is 3.92. The Balaban J connectivity index is 2.51. The van der Waals surface area contributed by atoms with E-state index in [1.165, 1.54) is 11.3 Å². The van der Waals surface area contributed by atoms with Gasteiger partial charge in [0.2, 0.25) is 0 Å². The highest BCUT2D eigenvalue weighted by atomic mass is 79.9. The molecule has 0 fully saturated rings. The smallest absolute Gasteiger partial charge is 0.152 e. The van der Waals surface area contributed by atoms with Gasteiger partial charge in [-0.2, -0.15) is 5.26 Å². The second-order valence-electron chi connectivity index (χ2n) is 2.63. The zero-order valence-corrected chi connectivity index (χ0v) is 9.47. The van der Waals surface area contributed by atoms with Crippen molar-refractivity contribution >= 4 is 27.3 Å². The van der Waals surface area contributed by atoms with Crippen molar-refractivity contribution < 1.29 is 0 Å². The van der Waals surface area contributed by atoms with Crippen molar-refractivity contribution in [1.29, 1.82) is 5.26 Å². The van der Waals surface area contributed by atoms with Crippen LogP contribution in [0.25, 0.3) is 10.6 Å². The number of nitriles is 1. The van der Waals surface area contributed by atoms with Gasteiger partial charge in [-0.15, -0.1) is 11.3 Å². The van der Waals surface area contributed by atoms with Gasteiger partial charge in [0.15, 0.2) is 5.69 Å². The topological polar surface area (TPSA) is 36.7 Å². The Hall–Kier alpha value is -1.18. The lowest BCUT2D eigenvalue weighted by Gasteiger charge is -1.97. The van der Waals surface area contributed by atoms with Crippen molar-refractivity contribution in [2.45, 2.75) is 0 Å². The van der Waals surface area contributed by atoms with Crippen LogP contribution >= 0.6 is 27.3 Å². The van der Waals surface area contributed by atoms with Gasteiger partial charge >= 0.3 is 0 Å². The highest BCUT2D eigenvalue weighted by molar-refractivity contribution is 9.10. The van der Waals surface area contributed by atoms with Gasteiger partial charge in [0.05, 0.1) is 0 Å². The number of rotatable bonds is 1. The number of aromatic nitrogens is 1. The minimum Gasteiger partial charge on any atom is -0.225 e. The monoisotopic (exact) mass is 264 g/mol. The molecular weight excluding hydrogens is 260 g/mol. The van der Waals surface area contributed by atoms with Crippen molar-refractivity contribution in [3.63, 3.8) is 0 Å². The second kappa shape index (κ2) is 3.91. The van der Waals surface area contributed by atoms with Crippen LogP contribution in [-0.4, -0.2) is 4.98 Å². The minimum absolute atomic E-state index is 0.473. The summed E-state index contributed by atoms with van der Waals surface area (Å²) in [5.41, 5.74) is 1.50. The number of nitrogens with zero attached hydrogens (tertiary/aromatic N) is 2. The number of halogens is 1. The van der Waals surface area contributed by atoms with Crippen LogP contribution in [0.1, 0.15) is 5.69 Å². The first kappa shape index (κ1) is 9.38. The minimum atomic E-state index is 0.473. The van der Waals surface area contributed by atoms with Gasteiger partial charge < -0.3 is 0 Å². The van der Waals surface area contributed by atoms with Crippen LogP contribution in [0.15, 0.2) is 34.1 Å². The molecule has 1 heterocycles. The molecule has 0 radical (unpaired) electrons. The van der Waals surface area contributed by atoms with Gasteiger partial charge in [-0.05, 0) is 6.07 Å². The van der Waals surface area contributed by atoms with Crippen molar-refractivity contribution in [3.8, 4) is 16.6 Å². The van der Waals surface area contributed by atoms with Gasteiger partial charge in [-0.3, -0.25) is 0 Å². The van der Waals surface area contributed by atoms with Gasteiger partial charge in [0, 0.05) is 15.4 Å². The van der Waals surface area contributed by atoms with E-state index in [0.717, 1.165) is 15.0 Å². The fraction of sp³-hybridized carbons (Fsp3) is 0. The summed E-state index contributed by atoms with van der Waals surface area (Å²) in [7, 11) is 0. The van der Waals surface area contributed by atoms with Crippen molar-refractivity contribution in [1.82, 2.24) is 4.98 Å². The third-order valence-electron chi connectivity index (χ3n) is 1.72. The molecular formula is C10H5BrN2S. The predicted molar refractivity (Wildman–Crippen MR) is 60.0 cm³/mol. The maximum atomic E-state index is 8.65. The molecule has 1 aromatic heterocycles. The molecule has 0 saturated carbocycles. The third-order valence-corrected chi connectivity index (χ3v) is 3.29. The Morgan fingerprint density at radius 1 is 1.36 bits per heavy atom. The average molecular weight is 265 g/mol. The third kappa shape index (κ3) is 1.69. The molecule has 0 amide bonds. The summed E-state index contributed by atoms with van der Waals surface area (Å²) in [6.45, 7) is 0. The molecule has 0 saturated heterocycles. The molecule has 0 aliphatic rings. The summed E-state index contributed by atoms with van der Waals surface area (Å²) in [5, 5.41) is 11.3. The Kier molecular flexibility index (Phi) is 2.62. The first-order valence-corrected chi connectivity index (χ1v) is 5.59. The Morgan fingerprint density at radius 2 is 2.14 bits per heavy atom. The van der Waals surface area contributed by atoms with E-state index in [1.807, 2.05) is 30.3 Å². The molecule has 2 rings (SSSR count). The highest BCUT2D eigenvalue weighted by Gasteiger charge is 2.06. The summed E-state index contributed by atoms with van der Waals surface area (Å²) in [5.74, 6) is 0. The van der Waals surface area contributed by atoms with E-state index in [2.05, 4.69) is 20.9 Å². The molecule has 1 aromatic carbocycles. The van der Waals surface area contributed by atoms with Crippen LogP contribution in [0.4, 0.5) is 0 Å². The van der Waals surface area contributed by atoms with Crippen LogP contribution in [0.5, 0.6) is 0 Å². The molecule has 0 unspecified atom stereocenters. The molecule has 68 valence electrons.